The van der Waals surface area contributed by atoms with Crippen molar-refractivity contribution >= 4 is 118 Å². The fraction of sp³-hybridized carbons (Fsp3) is 0.124. The number of benzene rings is 10. The van der Waals surface area contributed by atoms with Crippen LogP contribution in [0, 0.1) is 24.2 Å². The van der Waals surface area contributed by atoms with Gasteiger partial charge in [0.2, 0.25) is 11.6 Å². The van der Waals surface area contributed by atoms with Gasteiger partial charge in [0.25, 0.3) is 23.6 Å². The number of anilines is 2. The Labute approximate surface area is 696 Å². The fourth-order valence-electron chi connectivity index (χ4n) is 11.7. The second-order valence-electron chi connectivity index (χ2n) is 25.2. The molecule has 26 heteroatoms. The second-order valence-corrected chi connectivity index (χ2v) is 32.9. The summed E-state index contributed by atoms with van der Waals surface area (Å²) in [5.74, 6) is 8.93. The molecule has 14 aromatic rings. The number of aromatic nitrogens is 10. The van der Waals surface area contributed by atoms with Crippen molar-refractivity contribution in [3.05, 3.63) is 359 Å². The van der Waals surface area contributed by atoms with E-state index in [1.807, 2.05) is 105 Å². The van der Waals surface area contributed by atoms with E-state index in [2.05, 4.69) is 267 Å². The molecule has 0 saturated heterocycles. The van der Waals surface area contributed by atoms with Gasteiger partial charge >= 0.3 is 35.0 Å². The van der Waals surface area contributed by atoms with Gasteiger partial charge in [-0.2, -0.15) is 10.2 Å². The van der Waals surface area contributed by atoms with Crippen LogP contribution in [0.4, 0.5) is 11.4 Å². The fourth-order valence-corrected chi connectivity index (χ4v) is 16.7. The number of aromatic amines is 2. The Balaban J connectivity index is 0.000000159. The minimum Gasteiger partial charge on any atom is -0.0622 e. The molecule has 0 saturated carbocycles. The summed E-state index contributed by atoms with van der Waals surface area (Å²) in [5.41, 5.74) is 5.32. The van der Waals surface area contributed by atoms with E-state index in [9.17, 15) is 19.2 Å². The van der Waals surface area contributed by atoms with E-state index in [0.29, 0.717) is 64.3 Å². The number of rotatable bonds is 14. The molecule has 2 aliphatic heterocycles. The second kappa shape index (κ2) is 43.9. The summed E-state index contributed by atoms with van der Waals surface area (Å²) in [4.78, 5) is 62.7. The molecule has 584 valence electrons. The average Bonchev–Trinajstić information content (AvgIpc) is 1.75. The molecule has 0 fully saturated rings. The SMILES string of the molecule is C.C#Cc1ccn(C)n1.CN1C(=O)[C@@H](NC(=O)c2n[nH]c(Cc3ccccc3)n2)COc2ccc(Br)cc21.CN1C(=O)[C@@H](NC(=O)c2n[nH]c(Cc3ccccc3)n2)COc2ccc(C#Cc3ccn(C)n3)cc21.[Cl][Pd][Cl].c1ccc(P(c2ccccc2)c2ccccc2)cc1.c1ccc(P(c2ccccc2)c2ccccc2)cc1. The number of nitrogens with one attached hydrogen (secondary N) is 4. The molecule has 10 aromatic carbocycles. The number of halogens is 3. The first-order valence-electron chi connectivity index (χ1n) is 35.6. The van der Waals surface area contributed by atoms with E-state index in [1.165, 1.54) is 41.6 Å². The molecular weight excluding hydrogens is 1680 g/mol. The minimum absolute atomic E-state index is 0. The molecule has 20 nitrogen and oxygen atoms in total. The third-order valence-electron chi connectivity index (χ3n) is 17.2. The van der Waals surface area contributed by atoms with Crippen LogP contribution < -0.4 is 61.7 Å². The molecule has 4 N–H and O–H groups in total. The first-order valence-corrected chi connectivity index (χ1v) is 43.1. The molecule has 6 heterocycles. The summed E-state index contributed by atoms with van der Waals surface area (Å²) in [6, 6.07) is 96.7. The quantitative estimate of drug-likeness (QED) is 0.0452. The summed E-state index contributed by atoms with van der Waals surface area (Å²) < 4.78 is 15.8. The van der Waals surface area contributed by atoms with E-state index in [0.717, 1.165) is 15.6 Å². The van der Waals surface area contributed by atoms with Gasteiger partial charge in [0.05, 0.1) is 11.4 Å². The first kappa shape index (κ1) is 85.5. The van der Waals surface area contributed by atoms with Crippen molar-refractivity contribution in [2.75, 3.05) is 37.1 Å². The van der Waals surface area contributed by atoms with Gasteiger partial charge in [-0.1, -0.05) is 272 Å². The summed E-state index contributed by atoms with van der Waals surface area (Å²) in [6.45, 7) is -0.00693. The number of hydrogen-bond donors (Lipinski definition) is 4. The summed E-state index contributed by atoms with van der Waals surface area (Å²) in [5, 5.41) is 35.4. The number of nitrogens with zero attached hydrogens (tertiary/aromatic N) is 10. The van der Waals surface area contributed by atoms with Crippen LogP contribution in [0.5, 0.6) is 11.5 Å². The van der Waals surface area contributed by atoms with E-state index in [1.54, 1.807) is 53.8 Å². The molecule has 2 aliphatic rings. The Hall–Kier alpha value is -11.9. The van der Waals surface area contributed by atoms with E-state index >= 15 is 0 Å². The van der Waals surface area contributed by atoms with Crippen molar-refractivity contribution in [2.45, 2.75) is 32.4 Å². The first-order chi connectivity index (χ1) is 55.6. The van der Waals surface area contributed by atoms with E-state index in [4.69, 9.17) is 35.0 Å². The average molecular weight is 1760 g/mol. The van der Waals surface area contributed by atoms with Gasteiger partial charge in [-0.05, 0) is 119 Å². The van der Waals surface area contributed by atoms with Crippen molar-refractivity contribution in [3.63, 3.8) is 0 Å². The third-order valence-corrected chi connectivity index (χ3v) is 22.6. The number of H-pyrrole nitrogens is 2. The predicted octanol–water partition coefficient (Wildman–Crippen LogP) is 13.3. The number of carbonyl (C=O) groups is 4. The van der Waals surface area contributed by atoms with Crippen molar-refractivity contribution in [1.29, 1.82) is 0 Å². The van der Waals surface area contributed by atoms with Crippen LogP contribution in [0.1, 0.15) is 68.4 Å². The zero-order chi connectivity index (χ0) is 80.0. The molecule has 115 heavy (non-hydrogen) atoms. The van der Waals surface area contributed by atoms with Gasteiger partial charge in [0.15, 0.2) is 0 Å². The maximum atomic E-state index is 13.1. The van der Waals surface area contributed by atoms with Crippen LogP contribution in [-0.4, -0.2) is 113 Å². The van der Waals surface area contributed by atoms with Crippen LogP contribution in [0.25, 0.3) is 0 Å². The molecular formula is C89H81BrCl2N14O6P2Pd. The Morgan fingerprint density at radius 1 is 0.487 bits per heavy atom. The number of terminal acetylenes is 1. The normalized spacial score (nSPS) is 12.9. The van der Waals surface area contributed by atoms with Crippen LogP contribution >= 0.6 is 50.8 Å². The van der Waals surface area contributed by atoms with Gasteiger partial charge < -0.3 is 29.9 Å². The number of hydrogen-bond acceptors (Lipinski definition) is 12. The van der Waals surface area contributed by atoms with E-state index < -0.39 is 39.7 Å². The molecule has 0 radical (unpaired) electrons. The van der Waals surface area contributed by atoms with Gasteiger partial charge in [-0.15, -0.1) is 16.6 Å². The van der Waals surface area contributed by atoms with E-state index in [-0.39, 0.29) is 60.0 Å². The molecule has 4 amide bonds. The van der Waals surface area contributed by atoms with Crippen molar-refractivity contribution in [2.24, 2.45) is 14.1 Å². The largest absolute Gasteiger partial charge is 0.0622 e. The van der Waals surface area contributed by atoms with Crippen molar-refractivity contribution in [1.82, 2.24) is 60.6 Å². The number of aryl methyl sites for hydroxylation is 2. The number of carbonyl (C=O) groups excluding carboxylic acids is 4. The summed E-state index contributed by atoms with van der Waals surface area (Å²) in [7, 11) is 15.7. The number of ether oxygens (including phenoxy) is 2. The Kier molecular flexibility index (Phi) is 32.7. The molecule has 0 bridgehead atoms. The molecule has 2 atom stereocenters. The minimum atomic E-state index is -0.908. The Morgan fingerprint density at radius 3 is 1.15 bits per heavy atom. The number of likely N-dealkylation sites (N-methyl/N-ethyl adjacent to an activating group) is 2. The molecule has 0 aliphatic carbocycles. The smallest absolute Gasteiger partial charge is 0.0134 e. The van der Waals surface area contributed by atoms with Crippen molar-refractivity contribution in [3.8, 4) is 35.7 Å². The number of amides is 4. The maximum absolute atomic E-state index is 13.1. The third kappa shape index (κ3) is 24.8. The maximum Gasteiger partial charge on any atom is -0.0134 e. The molecule has 0 unspecified atom stereocenters. The van der Waals surface area contributed by atoms with Crippen LogP contribution in [-0.2, 0) is 52.5 Å². The standard InChI is InChI=1S/C26H23N7O3.C20H18BrN5O3.2C18H15P.C6H6N2.CH4.2ClH.Pd/c1-32-13-12-19(31-32)10-8-18-9-11-22-21(14-18)33(2)26(35)20(16-36-22)27-25(34)24-28-23(29-30-24)15-17-6-4-3-5-7-17;1-26-15-10-13(21)7-8-16(15)29-11-14(20(26)28)22-19(27)18-23-17(24-25-18)9-12-5-3-2-4-6-12;2*1-4-10-16(11-5-1)19(17-12-6-2-7-13-17)18-14-8-3-9-15-18;1-3-6-4-5-8(2)7-6;;;;/h3-7,9,11-14,20H,15-16H2,1-2H3,(H,27,34)(H,28,29,30);2-8,10,14H,9,11H2,1H3,(H,22,27)(H,23,24,25);2*1-15H;1,4-5H,2H3;1H4;2*1H;/q;;;;;;;;+2/p-2/t20-;14-;;;;;;;/m00......./s1. The summed E-state index contributed by atoms with van der Waals surface area (Å²) >= 11 is 3.29. The monoisotopic (exact) mass is 1760 g/mol. The Morgan fingerprint density at radius 2 is 0.817 bits per heavy atom. The van der Waals surface area contributed by atoms with Gasteiger partial charge in [-0.25, -0.2) is 9.97 Å². The summed E-state index contributed by atoms with van der Waals surface area (Å²) in [6.07, 6.45) is 9.71. The predicted molar refractivity (Wildman–Crippen MR) is 461 cm³/mol. The molecule has 4 aromatic heterocycles. The van der Waals surface area contributed by atoms with Gasteiger partial charge in [-0.3, -0.25) is 38.7 Å². The van der Waals surface area contributed by atoms with Crippen LogP contribution in [0.3, 0.4) is 0 Å². The molecule has 0 spiro atoms. The van der Waals surface area contributed by atoms with Gasteiger partial charge in [0.1, 0.15) is 59.8 Å². The zero-order valence-electron chi connectivity index (χ0n) is 62.2. The Bertz CT molecular complexity index is 5230. The van der Waals surface area contributed by atoms with Crippen LogP contribution in [0.15, 0.2) is 308 Å². The van der Waals surface area contributed by atoms with Crippen molar-refractivity contribution < 1.29 is 44.6 Å². The number of fused-ring (bicyclic) bond motifs is 2. The van der Waals surface area contributed by atoms with Gasteiger partial charge in [0, 0.05) is 63.5 Å². The molecule has 16 rings (SSSR count). The zero-order valence-corrected chi connectivity index (χ0v) is 68.6. The topological polar surface area (TPSA) is 236 Å². The van der Waals surface area contributed by atoms with Crippen LogP contribution in [0.2, 0.25) is 0 Å².